The van der Waals surface area contributed by atoms with Gasteiger partial charge in [-0.2, -0.15) is 13.2 Å². The third kappa shape index (κ3) is 6.07. The maximum absolute atomic E-state index is 12.8. The molecule has 1 heterocycles. The summed E-state index contributed by atoms with van der Waals surface area (Å²) in [6, 6.07) is 8.35. The van der Waals surface area contributed by atoms with Crippen molar-refractivity contribution in [2.45, 2.75) is 52.8 Å². The first-order valence-corrected chi connectivity index (χ1v) is 11.5. The molecule has 2 amide bonds. The van der Waals surface area contributed by atoms with Crippen molar-refractivity contribution < 1.29 is 32.2 Å². The normalized spacial score (nSPS) is 14.5. The zero-order chi connectivity index (χ0) is 26.0. The number of esters is 1. The summed E-state index contributed by atoms with van der Waals surface area (Å²) >= 11 is 0. The standard InChI is InChI=1S/C26H31F3N2O4/c1-6-34-23(32)25(4,5)35-22-17(2)15-19(16-18(22)3)11-12-30-13-14-31(24(30)33)21-9-7-20(8-10-21)26(27,28)29/h7-10,15-16H,6,11-14H2,1-5H3. The van der Waals surface area contributed by atoms with Gasteiger partial charge in [0, 0.05) is 25.3 Å². The molecule has 0 radical (unpaired) electrons. The average Bonchev–Trinajstić information content (AvgIpc) is 3.14. The van der Waals surface area contributed by atoms with Gasteiger partial charge < -0.3 is 14.4 Å². The molecule has 6 nitrogen and oxygen atoms in total. The Morgan fingerprint density at radius 3 is 2.17 bits per heavy atom. The van der Waals surface area contributed by atoms with Crippen LogP contribution in [0.4, 0.5) is 23.7 Å². The summed E-state index contributed by atoms with van der Waals surface area (Å²) in [4.78, 5) is 28.2. The van der Waals surface area contributed by atoms with Gasteiger partial charge in [-0.25, -0.2) is 9.59 Å². The fourth-order valence-corrected chi connectivity index (χ4v) is 4.07. The van der Waals surface area contributed by atoms with Gasteiger partial charge in [0.1, 0.15) is 5.75 Å². The lowest BCUT2D eigenvalue weighted by atomic mass is 10.0. The molecular weight excluding hydrogens is 461 g/mol. The quantitative estimate of drug-likeness (QED) is 0.455. The SMILES string of the molecule is CCOC(=O)C(C)(C)Oc1c(C)cc(CCN2CCN(c3ccc(C(F)(F)F)cc3)C2=O)cc1C. The van der Waals surface area contributed by atoms with Gasteiger partial charge in [0.2, 0.25) is 0 Å². The molecule has 9 heteroatoms. The monoisotopic (exact) mass is 492 g/mol. The van der Waals surface area contributed by atoms with E-state index < -0.39 is 23.3 Å². The lowest BCUT2D eigenvalue weighted by Crippen LogP contribution is -2.40. The van der Waals surface area contributed by atoms with E-state index in [0.717, 1.165) is 28.8 Å². The molecule has 3 rings (SSSR count). The maximum atomic E-state index is 12.8. The molecule has 1 aliphatic rings. The largest absolute Gasteiger partial charge is 0.476 e. The minimum absolute atomic E-state index is 0.227. The summed E-state index contributed by atoms with van der Waals surface area (Å²) in [6.45, 7) is 10.5. The number of halogens is 3. The van der Waals surface area contributed by atoms with Gasteiger partial charge >= 0.3 is 18.2 Å². The Labute approximate surface area is 203 Å². The van der Waals surface area contributed by atoms with Crippen LogP contribution in [-0.2, 0) is 22.1 Å². The molecule has 1 saturated heterocycles. The number of aryl methyl sites for hydroxylation is 2. The minimum Gasteiger partial charge on any atom is -0.476 e. The van der Waals surface area contributed by atoms with E-state index in [0.29, 0.717) is 37.5 Å². The molecule has 0 aromatic heterocycles. The number of ether oxygens (including phenoxy) is 2. The first kappa shape index (κ1) is 26.4. The Morgan fingerprint density at radius 1 is 1.03 bits per heavy atom. The van der Waals surface area contributed by atoms with E-state index in [1.807, 2.05) is 26.0 Å². The first-order chi connectivity index (χ1) is 16.3. The van der Waals surface area contributed by atoms with E-state index in [1.54, 1.807) is 25.7 Å². The van der Waals surface area contributed by atoms with Crippen molar-refractivity contribution >= 4 is 17.7 Å². The number of rotatable bonds is 8. The van der Waals surface area contributed by atoms with E-state index in [9.17, 15) is 22.8 Å². The van der Waals surface area contributed by atoms with Gasteiger partial charge in [-0.1, -0.05) is 12.1 Å². The Kier molecular flexibility index (Phi) is 7.67. The summed E-state index contributed by atoms with van der Waals surface area (Å²) in [5, 5.41) is 0. The third-order valence-corrected chi connectivity index (χ3v) is 5.92. The van der Waals surface area contributed by atoms with Gasteiger partial charge in [0.25, 0.3) is 0 Å². The van der Waals surface area contributed by atoms with Gasteiger partial charge in [-0.3, -0.25) is 4.90 Å². The van der Waals surface area contributed by atoms with Gasteiger partial charge in [-0.15, -0.1) is 0 Å². The van der Waals surface area contributed by atoms with E-state index in [1.165, 1.54) is 17.0 Å². The van der Waals surface area contributed by atoms with Crippen molar-refractivity contribution in [1.29, 1.82) is 0 Å². The zero-order valence-electron chi connectivity index (χ0n) is 20.7. The Morgan fingerprint density at radius 2 is 1.63 bits per heavy atom. The molecule has 1 fully saturated rings. The Hall–Kier alpha value is -3.23. The fraction of sp³-hybridized carbons (Fsp3) is 0.462. The van der Waals surface area contributed by atoms with Crippen LogP contribution in [0.15, 0.2) is 36.4 Å². The van der Waals surface area contributed by atoms with Crippen LogP contribution in [0.3, 0.4) is 0 Å². The number of carbonyl (C=O) groups is 2. The molecule has 0 spiro atoms. The Bertz CT molecular complexity index is 1060. The topological polar surface area (TPSA) is 59.1 Å². The highest BCUT2D eigenvalue weighted by Crippen LogP contribution is 2.32. The number of nitrogens with zero attached hydrogens (tertiary/aromatic N) is 2. The molecule has 0 saturated carbocycles. The molecule has 0 N–H and O–H groups in total. The molecule has 2 aromatic carbocycles. The zero-order valence-corrected chi connectivity index (χ0v) is 20.7. The van der Waals surface area contributed by atoms with E-state index in [4.69, 9.17) is 9.47 Å². The predicted octanol–water partition coefficient (Wildman–Crippen LogP) is 5.53. The highest BCUT2D eigenvalue weighted by Gasteiger charge is 2.34. The third-order valence-electron chi connectivity index (χ3n) is 5.92. The summed E-state index contributed by atoms with van der Waals surface area (Å²) in [5.74, 6) is 0.186. The Balaban J connectivity index is 1.64. The molecule has 2 aromatic rings. The molecule has 0 atom stereocenters. The molecule has 1 aliphatic heterocycles. The van der Waals surface area contributed by atoms with Crippen molar-refractivity contribution in [1.82, 2.24) is 4.90 Å². The van der Waals surface area contributed by atoms with Crippen LogP contribution >= 0.6 is 0 Å². The van der Waals surface area contributed by atoms with Crippen LogP contribution in [0.2, 0.25) is 0 Å². The smallest absolute Gasteiger partial charge is 0.416 e. The van der Waals surface area contributed by atoms with Gasteiger partial charge in [-0.05, 0) is 82.0 Å². The highest BCUT2D eigenvalue weighted by molar-refractivity contribution is 5.94. The van der Waals surface area contributed by atoms with Crippen molar-refractivity contribution in [3.05, 3.63) is 58.7 Å². The summed E-state index contributed by atoms with van der Waals surface area (Å²) in [6.07, 6.45) is -3.80. The van der Waals surface area contributed by atoms with Gasteiger partial charge in [0.05, 0.1) is 12.2 Å². The van der Waals surface area contributed by atoms with Crippen LogP contribution < -0.4 is 9.64 Å². The van der Waals surface area contributed by atoms with Crippen LogP contribution in [-0.4, -0.2) is 48.7 Å². The number of carbonyl (C=O) groups excluding carboxylic acids is 2. The second kappa shape index (κ2) is 10.2. The van der Waals surface area contributed by atoms with E-state index in [-0.39, 0.29) is 12.6 Å². The van der Waals surface area contributed by atoms with E-state index in [2.05, 4.69) is 0 Å². The number of anilines is 1. The number of alkyl halides is 3. The number of benzene rings is 2. The van der Waals surface area contributed by atoms with E-state index >= 15 is 0 Å². The summed E-state index contributed by atoms with van der Waals surface area (Å²) < 4.78 is 49.5. The molecule has 190 valence electrons. The second-order valence-corrected chi connectivity index (χ2v) is 9.11. The van der Waals surface area contributed by atoms with Crippen LogP contribution in [0.1, 0.15) is 43.0 Å². The number of hydrogen-bond donors (Lipinski definition) is 0. The van der Waals surface area contributed by atoms with Crippen LogP contribution in [0.5, 0.6) is 5.75 Å². The van der Waals surface area contributed by atoms with Crippen molar-refractivity contribution in [3.63, 3.8) is 0 Å². The summed E-state index contributed by atoms with van der Waals surface area (Å²) in [5.41, 5.74) is 1.34. The minimum atomic E-state index is -4.41. The second-order valence-electron chi connectivity index (χ2n) is 9.11. The number of hydrogen-bond acceptors (Lipinski definition) is 4. The maximum Gasteiger partial charge on any atom is 0.416 e. The van der Waals surface area contributed by atoms with Gasteiger partial charge in [0.15, 0.2) is 5.60 Å². The van der Waals surface area contributed by atoms with Crippen molar-refractivity contribution in [2.24, 2.45) is 0 Å². The summed E-state index contributed by atoms with van der Waals surface area (Å²) in [7, 11) is 0. The number of amides is 2. The molecule has 0 aliphatic carbocycles. The molecule has 35 heavy (non-hydrogen) atoms. The fourth-order valence-electron chi connectivity index (χ4n) is 4.07. The predicted molar refractivity (Wildman–Crippen MR) is 127 cm³/mol. The molecule has 0 unspecified atom stereocenters. The first-order valence-electron chi connectivity index (χ1n) is 11.5. The van der Waals surface area contributed by atoms with Crippen molar-refractivity contribution in [3.8, 4) is 5.75 Å². The van der Waals surface area contributed by atoms with Crippen LogP contribution in [0.25, 0.3) is 0 Å². The lowest BCUT2D eigenvalue weighted by molar-refractivity contribution is -0.158. The molecule has 0 bridgehead atoms. The van der Waals surface area contributed by atoms with Crippen molar-refractivity contribution in [2.75, 3.05) is 31.1 Å². The number of urea groups is 1. The van der Waals surface area contributed by atoms with Crippen LogP contribution in [0, 0.1) is 13.8 Å². The highest BCUT2D eigenvalue weighted by atomic mass is 19.4. The average molecular weight is 493 g/mol. The molecular formula is C26H31F3N2O4. The lowest BCUT2D eigenvalue weighted by Gasteiger charge is -2.26.